The molecule has 1 saturated carbocycles. The highest BCUT2D eigenvalue weighted by molar-refractivity contribution is 6.02. The van der Waals surface area contributed by atoms with Crippen molar-refractivity contribution in [1.29, 1.82) is 0 Å². The van der Waals surface area contributed by atoms with Crippen LogP contribution in [0.25, 0.3) is 0 Å². The lowest BCUT2D eigenvalue weighted by atomic mass is 9.74. The monoisotopic (exact) mass is 543 g/mol. The first-order valence-electron chi connectivity index (χ1n) is 14.3. The van der Waals surface area contributed by atoms with E-state index in [1.54, 1.807) is 12.0 Å². The van der Waals surface area contributed by atoms with E-state index in [9.17, 15) is 14.4 Å². The molecule has 2 saturated heterocycles. The molecule has 0 aromatic heterocycles. The Bertz CT molecular complexity index is 1360. The van der Waals surface area contributed by atoms with Gasteiger partial charge >= 0.3 is 0 Å². The Morgan fingerprint density at radius 2 is 1.90 bits per heavy atom. The predicted octanol–water partition coefficient (Wildman–Crippen LogP) is 3.99. The number of fused-ring (bicyclic) bond motifs is 1. The molecule has 1 spiro atoms. The van der Waals surface area contributed by atoms with E-state index in [1.807, 2.05) is 67.6 Å². The molecule has 40 heavy (non-hydrogen) atoms. The number of hydrogen-bond acceptors (Lipinski definition) is 5. The lowest BCUT2D eigenvalue weighted by Gasteiger charge is -2.36. The van der Waals surface area contributed by atoms with Gasteiger partial charge < -0.3 is 25.0 Å². The maximum atomic E-state index is 14.2. The molecular weight excluding hydrogens is 506 g/mol. The second-order valence-corrected chi connectivity index (χ2v) is 11.8. The zero-order chi connectivity index (χ0) is 28.0. The Morgan fingerprint density at radius 3 is 2.67 bits per heavy atom. The minimum absolute atomic E-state index is 0.0495. The molecule has 1 aliphatic carbocycles. The van der Waals surface area contributed by atoms with E-state index in [0.717, 1.165) is 36.8 Å². The number of nitrogens with zero attached hydrogens (tertiary/aromatic N) is 1. The Morgan fingerprint density at radius 1 is 1.10 bits per heavy atom. The normalized spacial score (nSPS) is 32.2. The topological polar surface area (TPSA) is 97.0 Å². The highest BCUT2D eigenvalue weighted by atomic mass is 16.5. The van der Waals surface area contributed by atoms with E-state index in [4.69, 9.17) is 9.47 Å². The lowest BCUT2D eigenvalue weighted by Crippen LogP contribution is -2.57. The van der Waals surface area contributed by atoms with Crippen LogP contribution in [0.4, 0.5) is 5.69 Å². The lowest BCUT2D eigenvalue weighted by molar-refractivity contribution is -0.142. The van der Waals surface area contributed by atoms with E-state index in [1.165, 1.54) is 0 Å². The van der Waals surface area contributed by atoms with E-state index < -0.39 is 29.6 Å². The molecule has 4 aliphatic rings. The Hall–Kier alpha value is -3.65. The van der Waals surface area contributed by atoms with Gasteiger partial charge in [-0.2, -0.15) is 0 Å². The molecule has 3 fully saturated rings. The fourth-order valence-corrected chi connectivity index (χ4v) is 7.15. The van der Waals surface area contributed by atoms with Gasteiger partial charge in [0, 0.05) is 18.3 Å². The SMILES string of the molecule is COc1cccc(CN2C(=O)[C@H]3[C@H](C(=O)Nc4cccc(C)c4)[C@H]4C=C[C@@]3(O4)[C@@H]2C(=O)N[C@H]2CCCC[C@H]2C)c1. The number of nitrogens with one attached hydrogen (secondary N) is 2. The summed E-state index contributed by atoms with van der Waals surface area (Å²) in [6.07, 6.45) is 7.35. The molecule has 210 valence electrons. The zero-order valence-electron chi connectivity index (χ0n) is 23.3. The van der Waals surface area contributed by atoms with Crippen molar-refractivity contribution in [1.82, 2.24) is 10.2 Å². The molecule has 2 bridgehead atoms. The number of rotatable bonds is 7. The van der Waals surface area contributed by atoms with Crippen molar-refractivity contribution in [3.05, 3.63) is 71.8 Å². The first-order valence-corrected chi connectivity index (χ1v) is 14.3. The van der Waals surface area contributed by atoms with Crippen LogP contribution in [0.3, 0.4) is 0 Å². The minimum Gasteiger partial charge on any atom is -0.497 e. The maximum absolute atomic E-state index is 14.2. The van der Waals surface area contributed by atoms with E-state index in [0.29, 0.717) is 17.4 Å². The summed E-state index contributed by atoms with van der Waals surface area (Å²) in [7, 11) is 1.60. The third-order valence-electron chi connectivity index (χ3n) is 9.14. The van der Waals surface area contributed by atoms with Gasteiger partial charge in [-0.25, -0.2) is 0 Å². The number of ether oxygens (including phenoxy) is 2. The van der Waals surface area contributed by atoms with Crippen molar-refractivity contribution in [2.24, 2.45) is 17.8 Å². The summed E-state index contributed by atoms with van der Waals surface area (Å²) in [6, 6.07) is 14.2. The number of hydrogen-bond donors (Lipinski definition) is 2. The number of benzene rings is 2. The van der Waals surface area contributed by atoms with Crippen LogP contribution in [-0.4, -0.2) is 53.5 Å². The molecule has 2 aromatic carbocycles. The van der Waals surface area contributed by atoms with Gasteiger partial charge in [0.25, 0.3) is 0 Å². The highest BCUT2D eigenvalue weighted by Crippen LogP contribution is 2.55. The molecule has 0 unspecified atom stereocenters. The molecule has 3 amide bonds. The van der Waals surface area contributed by atoms with Gasteiger partial charge in [0.2, 0.25) is 17.7 Å². The quantitative estimate of drug-likeness (QED) is 0.515. The summed E-state index contributed by atoms with van der Waals surface area (Å²) in [5.74, 6) is -1.23. The van der Waals surface area contributed by atoms with Gasteiger partial charge in [-0.1, -0.05) is 56.2 Å². The van der Waals surface area contributed by atoms with E-state index in [-0.39, 0.29) is 30.3 Å². The molecule has 2 aromatic rings. The van der Waals surface area contributed by atoms with Gasteiger partial charge in [-0.3, -0.25) is 14.4 Å². The van der Waals surface area contributed by atoms with Crippen molar-refractivity contribution in [2.45, 2.75) is 69.9 Å². The van der Waals surface area contributed by atoms with E-state index >= 15 is 0 Å². The fraction of sp³-hybridized carbons (Fsp3) is 0.469. The summed E-state index contributed by atoms with van der Waals surface area (Å²) in [4.78, 5) is 43.6. The van der Waals surface area contributed by atoms with Crippen molar-refractivity contribution in [3.63, 3.8) is 0 Å². The number of aryl methyl sites for hydroxylation is 1. The second-order valence-electron chi connectivity index (χ2n) is 11.8. The predicted molar refractivity (Wildman–Crippen MR) is 150 cm³/mol. The minimum atomic E-state index is -1.20. The number of anilines is 1. The Balaban J connectivity index is 1.34. The van der Waals surface area contributed by atoms with Crippen molar-refractivity contribution < 1.29 is 23.9 Å². The zero-order valence-corrected chi connectivity index (χ0v) is 23.3. The molecule has 2 N–H and O–H groups in total. The van der Waals surface area contributed by atoms with Gasteiger partial charge in [-0.15, -0.1) is 0 Å². The summed E-state index contributed by atoms with van der Waals surface area (Å²) in [6.45, 7) is 4.34. The molecule has 8 heteroatoms. The molecule has 0 radical (unpaired) electrons. The van der Waals surface area contributed by atoms with Crippen LogP contribution >= 0.6 is 0 Å². The summed E-state index contributed by atoms with van der Waals surface area (Å²) < 4.78 is 11.9. The summed E-state index contributed by atoms with van der Waals surface area (Å²) >= 11 is 0. The number of amides is 3. The number of carbonyl (C=O) groups is 3. The molecule has 7 atom stereocenters. The van der Waals surface area contributed by atoms with Crippen LogP contribution in [0.1, 0.15) is 43.7 Å². The van der Waals surface area contributed by atoms with Crippen LogP contribution in [0.5, 0.6) is 5.75 Å². The highest BCUT2D eigenvalue weighted by Gasteiger charge is 2.72. The van der Waals surface area contributed by atoms with Crippen molar-refractivity contribution in [3.8, 4) is 5.75 Å². The van der Waals surface area contributed by atoms with Crippen LogP contribution < -0.4 is 15.4 Å². The van der Waals surface area contributed by atoms with Crippen LogP contribution in [0.15, 0.2) is 60.7 Å². The maximum Gasteiger partial charge on any atom is 0.246 e. The second kappa shape index (κ2) is 10.4. The summed E-state index contributed by atoms with van der Waals surface area (Å²) in [5.41, 5.74) is 1.34. The average Bonchev–Trinajstić information content (AvgIpc) is 3.57. The molecule has 6 rings (SSSR count). The van der Waals surface area contributed by atoms with Gasteiger partial charge in [0.05, 0.1) is 25.0 Å². The summed E-state index contributed by atoms with van der Waals surface area (Å²) in [5, 5.41) is 6.27. The van der Waals surface area contributed by atoms with Crippen molar-refractivity contribution in [2.75, 3.05) is 12.4 Å². The fourth-order valence-electron chi connectivity index (χ4n) is 7.15. The Kier molecular flexibility index (Phi) is 6.90. The molecule has 3 heterocycles. The van der Waals surface area contributed by atoms with Gasteiger partial charge in [-0.05, 0) is 61.1 Å². The van der Waals surface area contributed by atoms with Crippen LogP contribution in [0.2, 0.25) is 0 Å². The molecule has 3 aliphatic heterocycles. The third kappa shape index (κ3) is 4.48. The number of likely N-dealkylation sites (tertiary alicyclic amines) is 1. The van der Waals surface area contributed by atoms with Crippen LogP contribution in [0, 0.1) is 24.7 Å². The number of carbonyl (C=O) groups excluding carboxylic acids is 3. The van der Waals surface area contributed by atoms with Gasteiger partial charge in [0.15, 0.2) is 0 Å². The van der Waals surface area contributed by atoms with Crippen molar-refractivity contribution >= 4 is 23.4 Å². The molecular formula is C32H37N3O5. The standard InChI is InChI=1S/C32H37N3O5/c1-19-8-6-11-22(16-19)33-29(36)26-25-14-15-32(40-25)27(26)31(38)35(18-21-10-7-12-23(17-21)39-3)28(32)30(37)34-24-13-5-4-9-20(24)2/h6-8,10-12,14-17,20,24-28H,4-5,9,13,18H2,1-3H3,(H,33,36)(H,34,37)/t20-,24+,25-,26-,27-,28+,32+/m1/s1. The van der Waals surface area contributed by atoms with Crippen LogP contribution in [-0.2, 0) is 25.7 Å². The average molecular weight is 544 g/mol. The third-order valence-corrected chi connectivity index (χ3v) is 9.14. The first-order chi connectivity index (χ1) is 19.3. The van der Waals surface area contributed by atoms with Gasteiger partial charge in [0.1, 0.15) is 17.4 Å². The first kappa shape index (κ1) is 26.6. The largest absolute Gasteiger partial charge is 0.497 e. The number of methoxy groups -OCH3 is 1. The van der Waals surface area contributed by atoms with E-state index in [2.05, 4.69) is 17.6 Å². The molecule has 8 nitrogen and oxygen atoms in total. The Labute approximate surface area is 235 Å². The smallest absolute Gasteiger partial charge is 0.246 e.